The number of aliphatic hydroxyl groups excluding tert-OH is 1. The van der Waals surface area contributed by atoms with E-state index in [1.165, 1.54) is 4.90 Å². The molecule has 39 heavy (non-hydrogen) atoms. The van der Waals surface area contributed by atoms with Crippen LogP contribution in [0.15, 0.2) is 42.5 Å². The number of hydrogen-bond donors (Lipinski definition) is 3. The van der Waals surface area contributed by atoms with E-state index in [-0.39, 0.29) is 19.1 Å². The summed E-state index contributed by atoms with van der Waals surface area (Å²) in [6.07, 6.45) is -0.137. The highest BCUT2D eigenvalue weighted by molar-refractivity contribution is 5.99. The normalized spacial score (nSPS) is 13.6. The molecule has 3 amide bonds. The van der Waals surface area contributed by atoms with Crippen LogP contribution in [0.1, 0.15) is 63.8 Å². The zero-order chi connectivity index (χ0) is 29.3. The van der Waals surface area contributed by atoms with Crippen LogP contribution >= 0.6 is 0 Å². The van der Waals surface area contributed by atoms with Gasteiger partial charge in [0.15, 0.2) is 0 Å². The van der Waals surface area contributed by atoms with E-state index in [1.54, 1.807) is 52.1 Å². The molecule has 0 aromatic heterocycles. The Kier molecular flexibility index (Phi) is 11.3. The standard InChI is InChI=1S/C30H43N3O6/c1-9-20(3)25(32-29(37)39-30(5,6)7)28(36)33(16-17-34)26(24-15-10-19(2)18-21(24)4)27(35)31-22-11-13-23(38-8)14-12-22/h10-15,18,20,25-26,34H,9,16-17H2,1-8H3,(H,31,35)(H,32,37). The van der Waals surface area contributed by atoms with Gasteiger partial charge in [0.25, 0.3) is 5.91 Å². The Hall–Kier alpha value is -3.59. The average molecular weight is 542 g/mol. The molecule has 0 bridgehead atoms. The fourth-order valence-corrected chi connectivity index (χ4v) is 4.24. The molecule has 214 valence electrons. The highest BCUT2D eigenvalue weighted by atomic mass is 16.6. The number of benzene rings is 2. The first-order chi connectivity index (χ1) is 18.3. The Bertz CT molecular complexity index is 1130. The summed E-state index contributed by atoms with van der Waals surface area (Å²) in [7, 11) is 1.56. The van der Waals surface area contributed by atoms with Gasteiger partial charge in [0, 0.05) is 12.2 Å². The molecule has 0 fully saturated rings. The first-order valence-corrected chi connectivity index (χ1v) is 13.2. The van der Waals surface area contributed by atoms with Crippen molar-refractivity contribution in [3.05, 3.63) is 59.2 Å². The third-order valence-electron chi connectivity index (χ3n) is 6.41. The molecule has 0 heterocycles. The van der Waals surface area contributed by atoms with Crippen LogP contribution in [0.4, 0.5) is 10.5 Å². The van der Waals surface area contributed by atoms with Crippen LogP contribution in [0.2, 0.25) is 0 Å². The molecule has 0 aliphatic heterocycles. The number of anilines is 1. The molecule has 9 nitrogen and oxygen atoms in total. The van der Waals surface area contributed by atoms with Gasteiger partial charge in [0.1, 0.15) is 23.4 Å². The van der Waals surface area contributed by atoms with Gasteiger partial charge in [-0.05, 0) is 75.9 Å². The maximum absolute atomic E-state index is 14.1. The number of nitrogens with zero attached hydrogens (tertiary/aromatic N) is 1. The highest BCUT2D eigenvalue weighted by Gasteiger charge is 2.38. The van der Waals surface area contributed by atoms with Gasteiger partial charge in [-0.3, -0.25) is 9.59 Å². The molecule has 3 unspecified atom stereocenters. The summed E-state index contributed by atoms with van der Waals surface area (Å²) in [4.78, 5) is 42.0. The number of carbonyl (C=O) groups is 3. The molecule has 0 saturated heterocycles. The van der Waals surface area contributed by atoms with Crippen molar-refractivity contribution in [2.45, 2.75) is 72.6 Å². The summed E-state index contributed by atoms with van der Waals surface area (Å²) < 4.78 is 10.6. The molecule has 3 atom stereocenters. The van der Waals surface area contributed by atoms with Crippen LogP contribution < -0.4 is 15.4 Å². The fourth-order valence-electron chi connectivity index (χ4n) is 4.24. The summed E-state index contributed by atoms with van der Waals surface area (Å²) in [5, 5.41) is 15.6. The Morgan fingerprint density at radius 2 is 1.69 bits per heavy atom. The van der Waals surface area contributed by atoms with Crippen molar-refractivity contribution in [1.29, 1.82) is 0 Å². The summed E-state index contributed by atoms with van der Waals surface area (Å²) in [5.41, 5.74) is 2.22. The van der Waals surface area contributed by atoms with Gasteiger partial charge < -0.3 is 30.1 Å². The quantitative estimate of drug-likeness (QED) is 0.378. The lowest BCUT2D eigenvalue weighted by molar-refractivity contribution is -0.142. The second kappa shape index (κ2) is 14.0. The number of ether oxygens (including phenoxy) is 2. The largest absolute Gasteiger partial charge is 0.497 e. The van der Waals surface area contributed by atoms with Gasteiger partial charge >= 0.3 is 6.09 Å². The zero-order valence-corrected chi connectivity index (χ0v) is 24.3. The highest BCUT2D eigenvalue weighted by Crippen LogP contribution is 2.29. The number of rotatable bonds is 11. The van der Waals surface area contributed by atoms with Crippen LogP contribution in [0.5, 0.6) is 5.75 Å². The number of hydrogen-bond acceptors (Lipinski definition) is 6. The van der Waals surface area contributed by atoms with E-state index in [4.69, 9.17) is 9.47 Å². The molecule has 0 radical (unpaired) electrons. The van der Waals surface area contributed by atoms with Crippen molar-refractivity contribution in [2.75, 3.05) is 25.6 Å². The van der Waals surface area contributed by atoms with E-state index in [9.17, 15) is 19.5 Å². The maximum atomic E-state index is 14.1. The van der Waals surface area contributed by atoms with Crippen LogP contribution in [0.25, 0.3) is 0 Å². The van der Waals surface area contributed by atoms with E-state index in [2.05, 4.69) is 10.6 Å². The summed E-state index contributed by atoms with van der Waals surface area (Å²) in [6.45, 7) is 12.3. The Morgan fingerprint density at radius 1 is 1.05 bits per heavy atom. The molecule has 0 spiro atoms. The first kappa shape index (κ1) is 31.6. The van der Waals surface area contributed by atoms with Crippen LogP contribution in [-0.4, -0.2) is 59.8 Å². The molecule has 2 aromatic carbocycles. The number of methoxy groups -OCH3 is 1. The van der Waals surface area contributed by atoms with Gasteiger partial charge in [-0.1, -0.05) is 44.0 Å². The molecule has 0 aliphatic carbocycles. The molecular weight excluding hydrogens is 498 g/mol. The molecule has 0 saturated carbocycles. The lowest BCUT2D eigenvalue weighted by Crippen LogP contribution is -2.55. The van der Waals surface area contributed by atoms with E-state index in [1.807, 2.05) is 45.9 Å². The maximum Gasteiger partial charge on any atom is 0.408 e. The molecular formula is C30H43N3O6. The second-order valence-electron chi connectivity index (χ2n) is 10.7. The lowest BCUT2D eigenvalue weighted by atomic mass is 9.93. The summed E-state index contributed by atoms with van der Waals surface area (Å²) in [6, 6.07) is 10.5. The zero-order valence-electron chi connectivity index (χ0n) is 24.3. The van der Waals surface area contributed by atoms with Gasteiger partial charge in [-0.15, -0.1) is 0 Å². The lowest BCUT2D eigenvalue weighted by Gasteiger charge is -2.36. The Labute approximate surface area is 231 Å². The molecule has 0 aliphatic rings. The Balaban J connectivity index is 2.55. The SMILES string of the molecule is CCC(C)C(NC(=O)OC(C)(C)C)C(=O)N(CCO)C(C(=O)Nc1ccc(OC)cc1)c1ccc(C)cc1C. The molecule has 3 N–H and O–H groups in total. The van der Waals surface area contributed by atoms with E-state index < -0.39 is 35.6 Å². The smallest absolute Gasteiger partial charge is 0.408 e. The van der Waals surface area contributed by atoms with Crippen molar-refractivity contribution in [3.8, 4) is 5.75 Å². The number of nitrogens with one attached hydrogen (secondary N) is 2. The van der Waals surface area contributed by atoms with Crippen molar-refractivity contribution >= 4 is 23.6 Å². The van der Waals surface area contributed by atoms with Crippen molar-refractivity contribution < 1.29 is 29.0 Å². The number of carbonyl (C=O) groups excluding carboxylic acids is 3. The topological polar surface area (TPSA) is 117 Å². The van der Waals surface area contributed by atoms with Crippen molar-refractivity contribution in [3.63, 3.8) is 0 Å². The number of aryl methyl sites for hydroxylation is 2. The van der Waals surface area contributed by atoms with E-state index >= 15 is 0 Å². The molecule has 9 heteroatoms. The van der Waals surface area contributed by atoms with Crippen LogP contribution in [0.3, 0.4) is 0 Å². The van der Waals surface area contributed by atoms with Crippen LogP contribution in [0, 0.1) is 19.8 Å². The molecule has 2 rings (SSSR count). The number of amides is 3. The predicted octanol–water partition coefficient (Wildman–Crippen LogP) is 4.75. The van der Waals surface area contributed by atoms with Crippen LogP contribution in [-0.2, 0) is 14.3 Å². The Morgan fingerprint density at radius 3 is 2.21 bits per heavy atom. The number of alkyl carbamates (subject to hydrolysis) is 1. The minimum Gasteiger partial charge on any atom is -0.497 e. The summed E-state index contributed by atoms with van der Waals surface area (Å²) in [5.74, 6) is -0.565. The second-order valence-corrected chi connectivity index (χ2v) is 10.7. The summed E-state index contributed by atoms with van der Waals surface area (Å²) >= 11 is 0. The number of aliphatic hydroxyl groups is 1. The van der Waals surface area contributed by atoms with E-state index in [0.29, 0.717) is 23.4 Å². The van der Waals surface area contributed by atoms with Gasteiger partial charge in [-0.25, -0.2) is 4.79 Å². The predicted molar refractivity (Wildman–Crippen MR) is 152 cm³/mol. The van der Waals surface area contributed by atoms with Gasteiger partial charge in [-0.2, -0.15) is 0 Å². The minimum atomic E-state index is -1.07. The van der Waals surface area contributed by atoms with Crippen molar-refractivity contribution in [2.24, 2.45) is 5.92 Å². The third kappa shape index (κ3) is 8.99. The minimum absolute atomic E-state index is 0.115. The van der Waals surface area contributed by atoms with Gasteiger partial charge in [0.2, 0.25) is 5.91 Å². The average Bonchev–Trinajstić information content (AvgIpc) is 2.86. The van der Waals surface area contributed by atoms with Gasteiger partial charge in [0.05, 0.1) is 13.7 Å². The monoisotopic (exact) mass is 541 g/mol. The van der Waals surface area contributed by atoms with Crippen molar-refractivity contribution in [1.82, 2.24) is 10.2 Å². The first-order valence-electron chi connectivity index (χ1n) is 13.2. The fraction of sp³-hybridized carbons (Fsp3) is 0.500. The van der Waals surface area contributed by atoms with E-state index in [0.717, 1.165) is 11.1 Å². The third-order valence-corrected chi connectivity index (χ3v) is 6.41. The molecule has 2 aromatic rings.